The van der Waals surface area contributed by atoms with Crippen LogP contribution in [0.25, 0.3) is 98.8 Å². The van der Waals surface area contributed by atoms with Crippen molar-refractivity contribution in [1.29, 1.82) is 0 Å². The van der Waals surface area contributed by atoms with Gasteiger partial charge in [-0.25, -0.2) is 19.9 Å². The largest absolute Gasteiger partial charge is 0.456 e. The van der Waals surface area contributed by atoms with Crippen LogP contribution in [-0.2, 0) is 0 Å². The van der Waals surface area contributed by atoms with E-state index in [0.29, 0.717) is 17.5 Å². The van der Waals surface area contributed by atoms with Gasteiger partial charge in [-0.15, -0.1) is 11.3 Å². The number of aromatic nitrogens is 4. The minimum atomic E-state index is 0.566. The zero-order valence-corrected chi connectivity index (χ0v) is 25.5. The molecule has 0 N–H and O–H groups in total. The molecule has 0 aliphatic heterocycles. The summed E-state index contributed by atoms with van der Waals surface area (Å²) in [6.07, 6.45) is 0. The maximum absolute atomic E-state index is 6.46. The Morgan fingerprint density at radius 3 is 1.74 bits per heavy atom. The highest BCUT2D eigenvalue weighted by molar-refractivity contribution is 7.22. The third kappa shape index (κ3) is 4.10. The van der Waals surface area contributed by atoms with Crippen molar-refractivity contribution in [1.82, 2.24) is 19.9 Å². The summed E-state index contributed by atoms with van der Waals surface area (Å²) in [6.45, 7) is 0. The zero-order valence-electron chi connectivity index (χ0n) is 24.7. The van der Waals surface area contributed by atoms with Crippen LogP contribution >= 0.6 is 11.3 Å². The van der Waals surface area contributed by atoms with Gasteiger partial charge >= 0.3 is 0 Å². The van der Waals surface area contributed by atoms with Gasteiger partial charge in [0.05, 0.1) is 10.2 Å². The van der Waals surface area contributed by atoms with E-state index in [0.717, 1.165) is 81.4 Å². The topological polar surface area (TPSA) is 77.8 Å². The van der Waals surface area contributed by atoms with E-state index in [2.05, 4.69) is 30.3 Å². The molecule has 47 heavy (non-hydrogen) atoms. The number of hydrogen-bond acceptors (Lipinski definition) is 7. The molecule has 0 aliphatic rings. The Bertz CT molecular complexity index is 2800. The van der Waals surface area contributed by atoms with Gasteiger partial charge in [0.2, 0.25) is 0 Å². The normalized spacial score (nSPS) is 11.8. The van der Waals surface area contributed by atoms with Crippen molar-refractivity contribution in [2.24, 2.45) is 0 Å². The molecular weight excluding hydrogens is 601 g/mol. The van der Waals surface area contributed by atoms with Crippen LogP contribution in [0.3, 0.4) is 0 Å². The third-order valence-electron chi connectivity index (χ3n) is 8.59. The second-order valence-corrected chi connectivity index (χ2v) is 12.4. The van der Waals surface area contributed by atoms with Gasteiger partial charge in [0.25, 0.3) is 0 Å². The van der Waals surface area contributed by atoms with Crippen molar-refractivity contribution < 1.29 is 8.83 Å². The Kier molecular flexibility index (Phi) is 5.64. The van der Waals surface area contributed by atoms with Crippen LogP contribution in [0.4, 0.5) is 0 Å². The lowest BCUT2D eigenvalue weighted by Crippen LogP contribution is -2.00. The standard InChI is InChI=1S/C40H22N4O2S/c1-3-11-23(12-4-1)37-42-38(26-16-9-19-30-33(26)25-15-7-8-18-29(25)45-30)44-39(43-37)27-17-10-20-31-34(27)35-32(46-31)22-21-28-36(35)47-40(41-28)24-13-5-2-6-14-24/h1-22H. The first kappa shape index (κ1) is 26.1. The first-order valence-electron chi connectivity index (χ1n) is 15.3. The average Bonchev–Trinajstić information content (AvgIpc) is 3.85. The number of rotatable bonds is 4. The minimum absolute atomic E-state index is 0.566. The van der Waals surface area contributed by atoms with E-state index in [9.17, 15) is 0 Å². The molecule has 0 spiro atoms. The molecule has 4 aromatic heterocycles. The molecule has 0 atom stereocenters. The maximum Gasteiger partial charge on any atom is 0.164 e. The molecule has 0 radical (unpaired) electrons. The molecule has 0 amide bonds. The molecule has 0 unspecified atom stereocenters. The second kappa shape index (κ2) is 10.2. The van der Waals surface area contributed by atoms with Crippen LogP contribution in [0.1, 0.15) is 0 Å². The molecule has 7 heteroatoms. The highest BCUT2D eigenvalue weighted by Crippen LogP contribution is 2.43. The van der Waals surface area contributed by atoms with E-state index in [1.807, 2.05) is 103 Å². The van der Waals surface area contributed by atoms with Crippen LogP contribution < -0.4 is 0 Å². The highest BCUT2D eigenvalue weighted by Gasteiger charge is 2.22. The summed E-state index contributed by atoms with van der Waals surface area (Å²) in [6, 6.07) is 44.5. The Labute approximate surface area is 271 Å². The monoisotopic (exact) mass is 622 g/mol. The molecule has 10 rings (SSSR count). The van der Waals surface area contributed by atoms with Gasteiger partial charge in [-0.3, -0.25) is 0 Å². The minimum Gasteiger partial charge on any atom is -0.456 e. The Hall–Kier alpha value is -6.18. The summed E-state index contributed by atoms with van der Waals surface area (Å²) in [7, 11) is 0. The lowest BCUT2D eigenvalue weighted by Gasteiger charge is -2.10. The van der Waals surface area contributed by atoms with E-state index < -0.39 is 0 Å². The summed E-state index contributed by atoms with van der Waals surface area (Å²) < 4.78 is 13.8. The van der Waals surface area contributed by atoms with Gasteiger partial charge in [0.15, 0.2) is 17.5 Å². The summed E-state index contributed by atoms with van der Waals surface area (Å²) in [5, 5.41) is 4.93. The van der Waals surface area contributed by atoms with Crippen LogP contribution in [0.5, 0.6) is 0 Å². The molecule has 0 bridgehead atoms. The van der Waals surface area contributed by atoms with Crippen molar-refractivity contribution in [2.75, 3.05) is 0 Å². The quantitative estimate of drug-likeness (QED) is 0.194. The predicted molar refractivity (Wildman–Crippen MR) is 189 cm³/mol. The number of thiazole rings is 1. The van der Waals surface area contributed by atoms with Crippen molar-refractivity contribution in [3.05, 3.63) is 133 Å². The summed E-state index contributed by atoms with van der Waals surface area (Å²) >= 11 is 1.67. The third-order valence-corrected chi connectivity index (χ3v) is 9.73. The second-order valence-electron chi connectivity index (χ2n) is 11.4. The fraction of sp³-hybridized carbons (Fsp3) is 0. The average molecular weight is 623 g/mol. The zero-order chi connectivity index (χ0) is 30.9. The van der Waals surface area contributed by atoms with Gasteiger partial charge in [0, 0.05) is 43.8 Å². The number of hydrogen-bond donors (Lipinski definition) is 0. The van der Waals surface area contributed by atoms with Crippen LogP contribution in [0.15, 0.2) is 142 Å². The van der Waals surface area contributed by atoms with Crippen LogP contribution in [0, 0.1) is 0 Å². The summed E-state index contributed by atoms with van der Waals surface area (Å²) in [5.74, 6) is 1.73. The number of furan rings is 2. The van der Waals surface area contributed by atoms with Crippen LogP contribution in [0.2, 0.25) is 0 Å². The molecule has 4 heterocycles. The summed E-state index contributed by atoms with van der Waals surface area (Å²) in [4.78, 5) is 20.3. The Balaban J connectivity index is 1.27. The first-order chi connectivity index (χ1) is 23.3. The summed E-state index contributed by atoms with van der Waals surface area (Å²) in [5.41, 5.74) is 7.86. The fourth-order valence-electron chi connectivity index (χ4n) is 6.47. The fourth-order valence-corrected chi connectivity index (χ4v) is 7.59. The number of para-hydroxylation sites is 1. The van der Waals surface area contributed by atoms with Crippen molar-refractivity contribution in [2.45, 2.75) is 0 Å². The SMILES string of the molecule is c1ccc(-c2nc(-c3cccc4oc5ccccc5c34)nc(-c3cccc4oc5ccc6nc(-c7ccccc7)sc6c5c34)n2)cc1. The lowest BCUT2D eigenvalue weighted by molar-refractivity contribution is 0.668. The number of fused-ring (bicyclic) bond motifs is 8. The van der Waals surface area contributed by atoms with Gasteiger partial charge in [-0.2, -0.15) is 0 Å². The Morgan fingerprint density at radius 1 is 0.404 bits per heavy atom. The van der Waals surface area contributed by atoms with E-state index >= 15 is 0 Å². The number of nitrogens with zero attached hydrogens (tertiary/aromatic N) is 4. The molecule has 220 valence electrons. The maximum atomic E-state index is 6.46. The molecule has 0 aliphatic carbocycles. The van der Waals surface area contributed by atoms with E-state index in [4.69, 9.17) is 28.8 Å². The molecule has 0 saturated carbocycles. The lowest BCUT2D eigenvalue weighted by atomic mass is 10.0. The highest BCUT2D eigenvalue weighted by atomic mass is 32.1. The first-order valence-corrected chi connectivity index (χ1v) is 16.1. The molecule has 0 fully saturated rings. The molecule has 0 saturated heterocycles. The molecule has 6 nitrogen and oxygen atoms in total. The van der Waals surface area contributed by atoms with Gasteiger partial charge < -0.3 is 8.83 Å². The molecular formula is C40H22N4O2S. The van der Waals surface area contributed by atoms with Gasteiger partial charge in [-0.1, -0.05) is 103 Å². The smallest absolute Gasteiger partial charge is 0.164 e. The van der Waals surface area contributed by atoms with Crippen molar-refractivity contribution >= 4 is 65.4 Å². The molecule has 10 aromatic rings. The number of benzene rings is 6. The van der Waals surface area contributed by atoms with E-state index in [-0.39, 0.29) is 0 Å². The molecule has 6 aromatic carbocycles. The van der Waals surface area contributed by atoms with Crippen LogP contribution in [-0.4, -0.2) is 19.9 Å². The van der Waals surface area contributed by atoms with Gasteiger partial charge in [-0.05, 0) is 30.3 Å². The van der Waals surface area contributed by atoms with Crippen molar-refractivity contribution in [3.8, 4) is 44.7 Å². The van der Waals surface area contributed by atoms with E-state index in [1.165, 1.54) is 0 Å². The van der Waals surface area contributed by atoms with Gasteiger partial charge in [0.1, 0.15) is 27.3 Å². The van der Waals surface area contributed by atoms with Crippen molar-refractivity contribution in [3.63, 3.8) is 0 Å². The predicted octanol–water partition coefficient (Wildman–Crippen LogP) is 10.9. The Morgan fingerprint density at radius 2 is 0.979 bits per heavy atom. The van der Waals surface area contributed by atoms with E-state index in [1.54, 1.807) is 11.3 Å².